The second-order valence-corrected chi connectivity index (χ2v) is 5.81. The number of hydrogen-bond donors (Lipinski definition) is 3. The number of carboxylic acids is 1. The molecular weight excluding hydrogens is 276 g/mol. The van der Waals surface area contributed by atoms with Crippen molar-refractivity contribution >= 4 is 18.0 Å². The first-order valence-electron chi connectivity index (χ1n) is 7.40. The number of ether oxygens (including phenoxy) is 1. The van der Waals surface area contributed by atoms with Crippen molar-refractivity contribution in [3.05, 3.63) is 0 Å². The SMILES string of the molecule is CCOC(=O)C(C)NC(=O)NC1C2CCC(C2)C1C(=O)O. The highest BCUT2D eigenvalue weighted by atomic mass is 16.5. The van der Waals surface area contributed by atoms with E-state index in [4.69, 9.17) is 4.74 Å². The number of amides is 2. The van der Waals surface area contributed by atoms with Gasteiger partial charge in [0.05, 0.1) is 12.5 Å². The number of esters is 1. The van der Waals surface area contributed by atoms with Crippen LogP contribution in [0.4, 0.5) is 4.79 Å². The molecule has 0 aromatic heterocycles. The zero-order valence-corrected chi connectivity index (χ0v) is 12.3. The Morgan fingerprint density at radius 3 is 2.57 bits per heavy atom. The third-order valence-electron chi connectivity index (χ3n) is 4.49. The summed E-state index contributed by atoms with van der Waals surface area (Å²) < 4.78 is 4.81. The maximum absolute atomic E-state index is 11.9. The van der Waals surface area contributed by atoms with Crippen LogP contribution in [0.2, 0.25) is 0 Å². The van der Waals surface area contributed by atoms with Crippen LogP contribution in [0.25, 0.3) is 0 Å². The van der Waals surface area contributed by atoms with E-state index in [1.807, 2.05) is 0 Å². The number of hydrogen-bond acceptors (Lipinski definition) is 4. The Morgan fingerprint density at radius 2 is 1.95 bits per heavy atom. The topological polar surface area (TPSA) is 105 Å². The number of rotatable bonds is 5. The van der Waals surface area contributed by atoms with Gasteiger partial charge in [-0.1, -0.05) is 0 Å². The van der Waals surface area contributed by atoms with E-state index in [1.165, 1.54) is 6.92 Å². The molecule has 0 aromatic carbocycles. The molecule has 0 heterocycles. The van der Waals surface area contributed by atoms with Gasteiger partial charge < -0.3 is 20.5 Å². The third-order valence-corrected chi connectivity index (χ3v) is 4.49. The van der Waals surface area contributed by atoms with Gasteiger partial charge in [-0.15, -0.1) is 0 Å². The standard InChI is InChI=1S/C14H22N2O5/c1-3-21-13(19)7(2)15-14(20)16-11-9-5-4-8(6-9)10(11)12(17)18/h7-11H,3-6H2,1-2H3,(H,17,18)(H2,15,16,20). The highest BCUT2D eigenvalue weighted by Crippen LogP contribution is 2.48. The molecule has 2 aliphatic carbocycles. The molecule has 118 valence electrons. The first-order chi connectivity index (χ1) is 9.93. The van der Waals surface area contributed by atoms with Crippen molar-refractivity contribution in [3.63, 3.8) is 0 Å². The Kier molecular flexibility index (Phi) is 4.69. The van der Waals surface area contributed by atoms with Crippen LogP contribution in [0.5, 0.6) is 0 Å². The molecule has 2 aliphatic rings. The van der Waals surface area contributed by atoms with Gasteiger partial charge in [-0.25, -0.2) is 9.59 Å². The molecule has 0 radical (unpaired) electrons. The van der Waals surface area contributed by atoms with Crippen molar-refractivity contribution in [1.29, 1.82) is 0 Å². The number of carboxylic acid groups (broad SMARTS) is 1. The van der Waals surface area contributed by atoms with Gasteiger partial charge in [-0.3, -0.25) is 4.79 Å². The summed E-state index contributed by atoms with van der Waals surface area (Å²) in [5, 5.41) is 14.5. The summed E-state index contributed by atoms with van der Waals surface area (Å²) >= 11 is 0. The second kappa shape index (κ2) is 6.32. The Labute approximate surface area is 123 Å². The lowest BCUT2D eigenvalue weighted by Crippen LogP contribution is -2.53. The lowest BCUT2D eigenvalue weighted by molar-refractivity contribution is -0.145. The highest BCUT2D eigenvalue weighted by Gasteiger charge is 2.51. The number of fused-ring (bicyclic) bond motifs is 2. The molecule has 0 saturated heterocycles. The smallest absolute Gasteiger partial charge is 0.328 e. The van der Waals surface area contributed by atoms with Crippen LogP contribution in [0.15, 0.2) is 0 Å². The van der Waals surface area contributed by atoms with E-state index in [0.29, 0.717) is 0 Å². The summed E-state index contributed by atoms with van der Waals surface area (Å²) in [7, 11) is 0. The Bertz CT molecular complexity index is 439. The zero-order chi connectivity index (χ0) is 15.6. The van der Waals surface area contributed by atoms with E-state index < -0.39 is 29.9 Å². The predicted octanol–water partition coefficient (Wildman–Crippen LogP) is 0.737. The van der Waals surface area contributed by atoms with Crippen LogP contribution in [-0.2, 0) is 14.3 Å². The minimum atomic E-state index is -0.856. The first-order valence-corrected chi connectivity index (χ1v) is 7.40. The average Bonchev–Trinajstić information content (AvgIpc) is 2.99. The monoisotopic (exact) mass is 298 g/mol. The largest absolute Gasteiger partial charge is 0.481 e. The summed E-state index contributed by atoms with van der Waals surface area (Å²) in [5.41, 5.74) is 0. The molecule has 21 heavy (non-hydrogen) atoms. The molecule has 7 heteroatoms. The molecule has 2 saturated carbocycles. The molecule has 5 atom stereocenters. The number of aliphatic carboxylic acids is 1. The molecule has 0 aliphatic heterocycles. The maximum atomic E-state index is 11.9. The molecule has 2 bridgehead atoms. The van der Waals surface area contributed by atoms with Crippen molar-refractivity contribution in [1.82, 2.24) is 10.6 Å². The Balaban J connectivity index is 1.90. The van der Waals surface area contributed by atoms with Crippen LogP contribution < -0.4 is 10.6 Å². The van der Waals surface area contributed by atoms with Crippen molar-refractivity contribution in [2.75, 3.05) is 6.61 Å². The first kappa shape index (κ1) is 15.6. The van der Waals surface area contributed by atoms with Crippen molar-refractivity contribution in [2.45, 2.75) is 45.2 Å². The summed E-state index contributed by atoms with van der Waals surface area (Å²) in [6.07, 6.45) is 2.73. The summed E-state index contributed by atoms with van der Waals surface area (Å²) in [6, 6.07) is -1.62. The Hall–Kier alpha value is -1.79. The van der Waals surface area contributed by atoms with Gasteiger partial charge in [-0.05, 0) is 44.9 Å². The quantitative estimate of drug-likeness (QED) is 0.649. The van der Waals surface area contributed by atoms with Crippen LogP contribution in [0.1, 0.15) is 33.1 Å². The van der Waals surface area contributed by atoms with Crippen molar-refractivity contribution < 1.29 is 24.2 Å². The maximum Gasteiger partial charge on any atom is 0.328 e. The molecule has 2 amide bonds. The van der Waals surface area contributed by atoms with Crippen LogP contribution in [0.3, 0.4) is 0 Å². The lowest BCUT2D eigenvalue weighted by Gasteiger charge is -2.29. The fourth-order valence-corrected chi connectivity index (χ4v) is 3.57. The van der Waals surface area contributed by atoms with Gasteiger partial charge in [-0.2, -0.15) is 0 Å². The van der Waals surface area contributed by atoms with E-state index in [1.54, 1.807) is 6.92 Å². The van der Waals surface area contributed by atoms with E-state index in [-0.39, 0.29) is 24.5 Å². The Morgan fingerprint density at radius 1 is 1.29 bits per heavy atom. The number of carbonyl (C=O) groups is 3. The average molecular weight is 298 g/mol. The van der Waals surface area contributed by atoms with E-state index >= 15 is 0 Å². The molecular formula is C14H22N2O5. The fraction of sp³-hybridized carbons (Fsp3) is 0.786. The molecule has 2 rings (SSSR count). The lowest BCUT2D eigenvalue weighted by atomic mass is 9.84. The van der Waals surface area contributed by atoms with E-state index in [2.05, 4.69) is 10.6 Å². The van der Waals surface area contributed by atoms with Gasteiger partial charge in [0.25, 0.3) is 0 Å². The fourth-order valence-electron chi connectivity index (χ4n) is 3.57. The minimum absolute atomic E-state index is 0.153. The molecule has 5 unspecified atom stereocenters. The second-order valence-electron chi connectivity index (χ2n) is 5.81. The molecule has 0 aromatic rings. The van der Waals surface area contributed by atoms with Gasteiger partial charge >= 0.3 is 18.0 Å². The normalized spacial score (nSPS) is 31.5. The number of nitrogens with one attached hydrogen (secondary N) is 2. The minimum Gasteiger partial charge on any atom is -0.481 e. The van der Waals surface area contributed by atoms with E-state index in [0.717, 1.165) is 19.3 Å². The van der Waals surface area contributed by atoms with E-state index in [9.17, 15) is 19.5 Å². The molecule has 7 nitrogen and oxygen atoms in total. The van der Waals surface area contributed by atoms with Gasteiger partial charge in [0.15, 0.2) is 0 Å². The van der Waals surface area contributed by atoms with Gasteiger partial charge in [0.2, 0.25) is 0 Å². The van der Waals surface area contributed by atoms with Crippen LogP contribution in [-0.4, -0.2) is 41.8 Å². The zero-order valence-electron chi connectivity index (χ0n) is 12.3. The third kappa shape index (κ3) is 3.28. The number of carbonyl (C=O) groups excluding carboxylic acids is 2. The summed E-state index contributed by atoms with van der Waals surface area (Å²) in [4.78, 5) is 34.7. The van der Waals surface area contributed by atoms with Crippen molar-refractivity contribution in [3.8, 4) is 0 Å². The summed E-state index contributed by atoms with van der Waals surface area (Å²) in [5.74, 6) is -1.51. The van der Waals surface area contributed by atoms with Gasteiger partial charge in [0, 0.05) is 6.04 Å². The molecule has 0 spiro atoms. The molecule has 2 fully saturated rings. The predicted molar refractivity (Wildman–Crippen MR) is 73.5 cm³/mol. The molecule has 3 N–H and O–H groups in total. The van der Waals surface area contributed by atoms with Crippen molar-refractivity contribution in [2.24, 2.45) is 17.8 Å². The van der Waals surface area contributed by atoms with Crippen LogP contribution in [0, 0.1) is 17.8 Å². The highest BCUT2D eigenvalue weighted by molar-refractivity contribution is 5.84. The van der Waals surface area contributed by atoms with Crippen LogP contribution >= 0.6 is 0 Å². The van der Waals surface area contributed by atoms with Gasteiger partial charge in [0.1, 0.15) is 6.04 Å². The number of urea groups is 1. The summed E-state index contributed by atoms with van der Waals surface area (Å²) in [6.45, 7) is 3.48.